The van der Waals surface area contributed by atoms with Crippen LogP contribution in [-0.2, 0) is 9.59 Å². The Labute approximate surface area is 189 Å². The van der Waals surface area contributed by atoms with Gasteiger partial charge >= 0.3 is 5.97 Å². The molecular weight excluding hydrogens is 663 g/mol. The largest absolute Gasteiger partial charge is 0.479 e. The van der Waals surface area contributed by atoms with Gasteiger partial charge in [-0.1, -0.05) is 20.3 Å². The first-order valence-electron chi connectivity index (χ1n) is 8.09. The van der Waals surface area contributed by atoms with Gasteiger partial charge in [0.1, 0.15) is 5.75 Å². The molecule has 8 heteroatoms. The number of unbranched alkanes of at least 4 members (excludes halogenated alkanes) is 1. The van der Waals surface area contributed by atoms with Crippen LogP contribution >= 0.6 is 67.8 Å². The smallest absolute Gasteiger partial charge is 0.344 e. The molecule has 0 aliphatic carbocycles. The first kappa shape index (κ1) is 23.2. The molecule has 1 aromatic rings. The number of halogens is 3. The summed E-state index contributed by atoms with van der Waals surface area (Å²) >= 11 is 6.52. The fraction of sp³-hybridized carbons (Fsp3) is 0.529. The summed E-state index contributed by atoms with van der Waals surface area (Å²) in [6.45, 7) is 6.19. The molecule has 0 spiro atoms. The molecule has 0 aliphatic rings. The number of hydrogen-bond acceptors (Lipinski definition) is 3. The third-order valence-electron chi connectivity index (χ3n) is 3.56. The zero-order valence-corrected chi connectivity index (χ0v) is 20.9. The average Bonchev–Trinajstić information content (AvgIpc) is 2.52. The van der Waals surface area contributed by atoms with Crippen molar-refractivity contribution < 1.29 is 19.4 Å². The number of carbonyl (C=O) groups is 2. The Morgan fingerprint density at radius 2 is 1.84 bits per heavy atom. The molecule has 1 N–H and O–H groups in total. The van der Waals surface area contributed by atoms with Crippen molar-refractivity contribution in [2.75, 3.05) is 11.4 Å². The van der Waals surface area contributed by atoms with E-state index >= 15 is 0 Å². The van der Waals surface area contributed by atoms with Crippen molar-refractivity contribution >= 4 is 85.3 Å². The second-order valence-corrected chi connectivity index (χ2v) is 8.99. The summed E-state index contributed by atoms with van der Waals surface area (Å²) in [6, 6.07) is 1.93. The Hall–Kier alpha value is 0.150. The molecule has 5 nitrogen and oxygen atoms in total. The quantitative estimate of drug-likeness (QED) is 0.360. The molecule has 0 aromatic heterocycles. The number of nitrogens with zero attached hydrogens (tertiary/aromatic N) is 1. The molecule has 140 valence electrons. The van der Waals surface area contributed by atoms with E-state index in [1.807, 2.05) is 19.9 Å². The van der Waals surface area contributed by atoms with Crippen LogP contribution in [0.15, 0.2) is 6.07 Å². The highest BCUT2D eigenvalue weighted by molar-refractivity contribution is 14.1. The Balaban J connectivity index is 3.34. The monoisotopic (exact) mass is 685 g/mol. The highest BCUT2D eigenvalue weighted by atomic mass is 127. The number of benzene rings is 1. The Bertz CT molecular complexity index is 637. The first-order chi connectivity index (χ1) is 11.7. The van der Waals surface area contributed by atoms with E-state index in [2.05, 4.69) is 67.8 Å². The van der Waals surface area contributed by atoms with Gasteiger partial charge in [0.2, 0.25) is 5.91 Å². The first-order valence-corrected chi connectivity index (χ1v) is 11.3. The van der Waals surface area contributed by atoms with Crippen molar-refractivity contribution in [2.45, 2.75) is 52.6 Å². The molecular formula is C17H22I3NO4. The van der Waals surface area contributed by atoms with E-state index < -0.39 is 12.1 Å². The number of carbonyl (C=O) groups excluding carboxylic acids is 1. The fourth-order valence-electron chi connectivity index (χ4n) is 2.33. The average molecular weight is 685 g/mol. The third-order valence-corrected chi connectivity index (χ3v) is 6.18. The summed E-state index contributed by atoms with van der Waals surface area (Å²) in [5.41, 5.74) is 0.797. The van der Waals surface area contributed by atoms with E-state index in [1.165, 1.54) is 0 Å². The molecule has 0 saturated carbocycles. The molecule has 0 aliphatic heterocycles. The molecule has 1 aromatic carbocycles. The van der Waals surface area contributed by atoms with Gasteiger partial charge in [-0.05, 0) is 93.1 Å². The Morgan fingerprint density at radius 3 is 2.32 bits per heavy atom. The minimum Gasteiger partial charge on any atom is -0.479 e. The maximum atomic E-state index is 12.1. The summed E-state index contributed by atoms with van der Waals surface area (Å²) in [6.07, 6.45) is 2.11. The molecule has 25 heavy (non-hydrogen) atoms. The molecule has 1 amide bonds. The molecule has 1 atom stereocenters. The lowest BCUT2D eigenvalue weighted by molar-refractivity contribution is -0.145. The van der Waals surface area contributed by atoms with Gasteiger partial charge in [0, 0.05) is 17.0 Å². The van der Waals surface area contributed by atoms with E-state index in [1.54, 1.807) is 11.8 Å². The summed E-state index contributed by atoms with van der Waals surface area (Å²) in [5, 5.41) is 9.45. The van der Waals surface area contributed by atoms with Gasteiger partial charge in [-0.25, -0.2) is 4.79 Å². The number of aliphatic carboxylic acids is 1. The van der Waals surface area contributed by atoms with Gasteiger partial charge in [-0.2, -0.15) is 0 Å². The SMILES string of the molecule is CCCCC(Oc1c(I)cc(I)c(N(CCC)C(C)=O)c1I)C(=O)O. The summed E-state index contributed by atoms with van der Waals surface area (Å²) in [4.78, 5) is 25.4. The normalized spacial score (nSPS) is 11.9. The van der Waals surface area contributed by atoms with E-state index in [9.17, 15) is 14.7 Å². The van der Waals surface area contributed by atoms with Crippen LogP contribution in [0.1, 0.15) is 46.5 Å². The number of carboxylic acid groups (broad SMARTS) is 1. The van der Waals surface area contributed by atoms with Crippen LogP contribution in [0.2, 0.25) is 0 Å². The van der Waals surface area contributed by atoms with Gasteiger partial charge in [0.05, 0.1) is 12.8 Å². The Kier molecular flexibility index (Phi) is 10.3. The molecule has 0 radical (unpaired) electrons. The van der Waals surface area contributed by atoms with Gasteiger partial charge < -0.3 is 14.7 Å². The Morgan fingerprint density at radius 1 is 1.20 bits per heavy atom. The highest BCUT2D eigenvalue weighted by Crippen LogP contribution is 2.39. The van der Waals surface area contributed by atoms with Crippen LogP contribution in [0, 0.1) is 10.7 Å². The van der Waals surface area contributed by atoms with Crippen LogP contribution in [0.5, 0.6) is 5.75 Å². The lowest BCUT2D eigenvalue weighted by Gasteiger charge is -2.26. The highest BCUT2D eigenvalue weighted by Gasteiger charge is 2.26. The summed E-state index contributed by atoms with van der Waals surface area (Å²) in [5.74, 6) is -0.454. The fourth-order valence-corrected chi connectivity index (χ4v) is 6.54. The van der Waals surface area contributed by atoms with Crippen molar-refractivity contribution in [1.82, 2.24) is 0 Å². The second kappa shape index (κ2) is 11.1. The van der Waals surface area contributed by atoms with Crippen molar-refractivity contribution in [3.05, 3.63) is 16.8 Å². The second-order valence-electron chi connectivity index (χ2n) is 5.59. The molecule has 1 rings (SSSR count). The number of carboxylic acids is 1. The molecule has 1 unspecified atom stereocenters. The predicted molar refractivity (Wildman–Crippen MR) is 124 cm³/mol. The number of amides is 1. The van der Waals surface area contributed by atoms with Crippen molar-refractivity contribution in [3.63, 3.8) is 0 Å². The summed E-state index contributed by atoms with van der Waals surface area (Å²) < 4.78 is 8.46. The van der Waals surface area contributed by atoms with Crippen molar-refractivity contribution in [2.24, 2.45) is 0 Å². The van der Waals surface area contributed by atoms with Crippen molar-refractivity contribution in [3.8, 4) is 5.75 Å². The van der Waals surface area contributed by atoms with Gasteiger partial charge in [-0.15, -0.1) is 0 Å². The summed E-state index contributed by atoms with van der Waals surface area (Å²) in [7, 11) is 0. The number of hydrogen-bond donors (Lipinski definition) is 1. The van der Waals surface area contributed by atoms with Crippen LogP contribution in [0.25, 0.3) is 0 Å². The lowest BCUT2D eigenvalue weighted by atomic mass is 10.1. The number of ether oxygens (including phenoxy) is 1. The zero-order chi connectivity index (χ0) is 19.1. The predicted octanol–water partition coefficient (Wildman–Crippen LogP) is 5.29. The van der Waals surface area contributed by atoms with E-state index in [-0.39, 0.29) is 5.91 Å². The van der Waals surface area contributed by atoms with Crippen molar-refractivity contribution in [1.29, 1.82) is 0 Å². The molecule has 0 bridgehead atoms. The van der Waals surface area contributed by atoms with Crippen LogP contribution in [-0.4, -0.2) is 29.6 Å². The minimum atomic E-state index is -0.961. The lowest BCUT2D eigenvalue weighted by Crippen LogP contribution is -2.32. The molecule has 0 heterocycles. The molecule has 0 fully saturated rings. The number of rotatable bonds is 9. The third kappa shape index (κ3) is 6.36. The standard InChI is InChI=1S/C17H22I3NO4/c1-4-6-7-13(17(23)24)25-16-12(19)9-11(18)15(14(16)20)21(8-5-2)10(3)22/h9,13H,4-8H2,1-3H3,(H,23,24). The topological polar surface area (TPSA) is 66.8 Å². The maximum absolute atomic E-state index is 12.1. The molecule has 0 saturated heterocycles. The maximum Gasteiger partial charge on any atom is 0.344 e. The minimum absolute atomic E-state index is 0.0365. The van der Waals surface area contributed by atoms with E-state index in [0.29, 0.717) is 18.7 Å². The van der Waals surface area contributed by atoms with Crippen LogP contribution in [0.4, 0.5) is 5.69 Å². The number of anilines is 1. The van der Waals surface area contributed by atoms with E-state index in [4.69, 9.17) is 4.74 Å². The van der Waals surface area contributed by atoms with Crippen LogP contribution < -0.4 is 9.64 Å². The zero-order valence-electron chi connectivity index (χ0n) is 14.4. The van der Waals surface area contributed by atoms with E-state index in [0.717, 1.165) is 35.7 Å². The van der Waals surface area contributed by atoms with Crippen LogP contribution in [0.3, 0.4) is 0 Å². The van der Waals surface area contributed by atoms with Gasteiger partial charge in [0.25, 0.3) is 0 Å². The van der Waals surface area contributed by atoms with Gasteiger partial charge in [0.15, 0.2) is 6.10 Å². The van der Waals surface area contributed by atoms with Gasteiger partial charge in [-0.3, -0.25) is 4.79 Å².